The minimum Gasteiger partial charge on any atom is -0.309 e. The van der Waals surface area contributed by atoms with E-state index in [4.69, 9.17) is 0 Å². The molecule has 1 aliphatic carbocycles. The first-order valence-corrected chi connectivity index (χ1v) is 8.71. The molecule has 0 aliphatic heterocycles. The predicted molar refractivity (Wildman–Crippen MR) is 91.5 cm³/mol. The summed E-state index contributed by atoms with van der Waals surface area (Å²) in [5, 5.41) is 3.74. The van der Waals surface area contributed by atoms with Gasteiger partial charge >= 0.3 is 0 Å². The minimum atomic E-state index is 0.433. The maximum Gasteiger partial charge on any atom is 0.0478 e. The minimum absolute atomic E-state index is 0.433. The fourth-order valence-corrected chi connectivity index (χ4v) is 3.35. The van der Waals surface area contributed by atoms with E-state index in [0.29, 0.717) is 18.1 Å². The summed E-state index contributed by atoms with van der Waals surface area (Å²) in [6.45, 7) is 11.5. The van der Waals surface area contributed by atoms with Gasteiger partial charge in [0.1, 0.15) is 0 Å². The largest absolute Gasteiger partial charge is 0.309 e. The van der Waals surface area contributed by atoms with E-state index in [9.17, 15) is 0 Å². The number of hydrogen-bond acceptors (Lipinski definition) is 2. The molecule has 1 fully saturated rings. The molecule has 2 rings (SSSR count). The highest BCUT2D eigenvalue weighted by Crippen LogP contribution is 2.33. The molecule has 0 heterocycles. The highest BCUT2D eigenvalue weighted by atomic mass is 15.2. The van der Waals surface area contributed by atoms with Crippen molar-refractivity contribution >= 4 is 0 Å². The fraction of sp³-hybridized carbons (Fsp3) is 0.684. The molecule has 0 bridgehead atoms. The van der Waals surface area contributed by atoms with E-state index in [0.717, 1.165) is 12.5 Å². The van der Waals surface area contributed by atoms with E-state index in [-0.39, 0.29) is 0 Å². The number of nitrogens with zero attached hydrogens (tertiary/aromatic N) is 1. The molecule has 1 aromatic carbocycles. The van der Waals surface area contributed by atoms with Crippen molar-refractivity contribution in [3.8, 4) is 0 Å². The van der Waals surface area contributed by atoms with Crippen molar-refractivity contribution in [2.45, 2.75) is 65.1 Å². The lowest BCUT2D eigenvalue weighted by atomic mass is 9.94. The summed E-state index contributed by atoms with van der Waals surface area (Å²) in [5.74, 6) is 0.944. The van der Waals surface area contributed by atoms with Gasteiger partial charge in [-0.05, 0) is 51.1 Å². The van der Waals surface area contributed by atoms with Gasteiger partial charge in [0.05, 0.1) is 0 Å². The summed E-state index contributed by atoms with van der Waals surface area (Å²) in [5.41, 5.74) is 1.42. The molecule has 21 heavy (non-hydrogen) atoms. The van der Waals surface area contributed by atoms with Crippen molar-refractivity contribution in [3.05, 3.63) is 35.9 Å². The molecule has 1 aliphatic rings. The third-order valence-electron chi connectivity index (χ3n) is 4.64. The summed E-state index contributed by atoms with van der Waals surface area (Å²) < 4.78 is 0. The van der Waals surface area contributed by atoms with Crippen LogP contribution in [-0.2, 0) is 0 Å². The average Bonchev–Trinajstić information content (AvgIpc) is 3.30. The number of hydrogen-bond donors (Lipinski definition) is 1. The summed E-state index contributed by atoms with van der Waals surface area (Å²) in [7, 11) is 0. The van der Waals surface area contributed by atoms with Crippen LogP contribution in [0, 0.1) is 5.92 Å². The summed E-state index contributed by atoms with van der Waals surface area (Å²) in [4.78, 5) is 2.73. The highest BCUT2D eigenvalue weighted by molar-refractivity contribution is 5.21. The first kappa shape index (κ1) is 16.5. The van der Waals surface area contributed by atoms with E-state index in [1.165, 1.54) is 31.4 Å². The zero-order valence-corrected chi connectivity index (χ0v) is 14.2. The Morgan fingerprint density at radius 3 is 2.29 bits per heavy atom. The van der Waals surface area contributed by atoms with Crippen molar-refractivity contribution in [1.29, 1.82) is 0 Å². The van der Waals surface area contributed by atoms with Crippen LogP contribution in [0.5, 0.6) is 0 Å². The van der Waals surface area contributed by atoms with Crippen LogP contribution in [0.4, 0.5) is 0 Å². The maximum absolute atomic E-state index is 3.74. The Kier molecular flexibility index (Phi) is 6.25. The van der Waals surface area contributed by atoms with Crippen LogP contribution in [-0.4, -0.2) is 30.1 Å². The number of nitrogens with one attached hydrogen (secondary N) is 1. The fourth-order valence-electron chi connectivity index (χ4n) is 3.35. The smallest absolute Gasteiger partial charge is 0.0478 e. The molecule has 118 valence electrons. The van der Waals surface area contributed by atoms with Crippen LogP contribution < -0.4 is 5.32 Å². The number of benzene rings is 1. The zero-order valence-electron chi connectivity index (χ0n) is 14.2. The predicted octanol–water partition coefficient (Wildman–Crippen LogP) is 4.24. The van der Waals surface area contributed by atoms with E-state index in [2.05, 4.69) is 68.2 Å². The van der Waals surface area contributed by atoms with Gasteiger partial charge in [-0.25, -0.2) is 0 Å². The average molecular weight is 288 g/mol. The molecule has 0 saturated heterocycles. The molecule has 0 aromatic heterocycles. The molecule has 0 spiro atoms. The number of rotatable bonds is 9. The zero-order chi connectivity index (χ0) is 15.2. The van der Waals surface area contributed by atoms with Crippen LogP contribution in [0.15, 0.2) is 30.3 Å². The van der Waals surface area contributed by atoms with Gasteiger partial charge in [0.15, 0.2) is 0 Å². The Labute approximate surface area is 130 Å². The Morgan fingerprint density at radius 1 is 1.14 bits per heavy atom. The molecule has 1 saturated carbocycles. The van der Waals surface area contributed by atoms with Gasteiger partial charge in [-0.3, -0.25) is 4.90 Å². The molecular weight excluding hydrogens is 256 g/mol. The van der Waals surface area contributed by atoms with E-state index >= 15 is 0 Å². The molecule has 2 nitrogen and oxygen atoms in total. The summed E-state index contributed by atoms with van der Waals surface area (Å²) >= 11 is 0. The van der Waals surface area contributed by atoms with Crippen molar-refractivity contribution < 1.29 is 0 Å². The van der Waals surface area contributed by atoms with E-state index in [1.54, 1.807) is 0 Å². The van der Waals surface area contributed by atoms with Gasteiger partial charge in [-0.15, -0.1) is 0 Å². The lowest BCUT2D eigenvalue weighted by Crippen LogP contribution is -2.48. The van der Waals surface area contributed by atoms with Gasteiger partial charge in [0.25, 0.3) is 0 Å². The van der Waals surface area contributed by atoms with E-state index in [1.807, 2.05) is 0 Å². The van der Waals surface area contributed by atoms with E-state index < -0.39 is 0 Å². The van der Waals surface area contributed by atoms with Crippen LogP contribution in [0.25, 0.3) is 0 Å². The lowest BCUT2D eigenvalue weighted by Gasteiger charge is -2.40. The quantitative estimate of drug-likeness (QED) is 0.731. The SMILES string of the molecule is CCNC(c1ccccc1)C(CC)N(CC1CC1)C(C)C. The molecule has 2 unspecified atom stereocenters. The highest BCUT2D eigenvalue weighted by Gasteiger charge is 2.33. The van der Waals surface area contributed by atoms with Crippen LogP contribution >= 0.6 is 0 Å². The summed E-state index contributed by atoms with van der Waals surface area (Å²) in [6.07, 6.45) is 4.05. The second-order valence-corrected chi connectivity index (χ2v) is 6.66. The van der Waals surface area contributed by atoms with Crippen molar-refractivity contribution in [2.75, 3.05) is 13.1 Å². The second-order valence-electron chi connectivity index (χ2n) is 6.66. The molecule has 1 N–H and O–H groups in total. The Morgan fingerprint density at radius 2 is 1.81 bits per heavy atom. The topological polar surface area (TPSA) is 15.3 Å². The van der Waals surface area contributed by atoms with Crippen LogP contribution in [0.2, 0.25) is 0 Å². The first-order valence-electron chi connectivity index (χ1n) is 8.71. The Balaban J connectivity index is 2.20. The molecule has 0 amide bonds. The number of likely N-dealkylation sites (N-methyl/N-ethyl adjacent to an activating group) is 1. The van der Waals surface area contributed by atoms with Gasteiger partial charge < -0.3 is 5.32 Å². The van der Waals surface area contributed by atoms with Gasteiger partial charge in [0.2, 0.25) is 0 Å². The Hall–Kier alpha value is -0.860. The third kappa shape index (κ3) is 4.55. The standard InChI is InChI=1S/C19H32N2/c1-5-18(21(15(3)4)14-16-12-13-16)19(20-6-2)17-10-8-7-9-11-17/h7-11,15-16,18-20H,5-6,12-14H2,1-4H3. The molecule has 2 heteroatoms. The van der Waals surface area contributed by atoms with Crippen molar-refractivity contribution in [2.24, 2.45) is 5.92 Å². The lowest BCUT2D eigenvalue weighted by molar-refractivity contribution is 0.110. The first-order chi connectivity index (χ1) is 10.2. The second kappa shape index (κ2) is 7.95. The maximum atomic E-state index is 3.74. The van der Waals surface area contributed by atoms with Gasteiger partial charge in [0, 0.05) is 24.7 Å². The Bertz CT molecular complexity index is 397. The molecule has 0 radical (unpaired) electrons. The molecular formula is C19H32N2. The molecule has 1 aromatic rings. The van der Waals surface area contributed by atoms with Crippen molar-refractivity contribution in [1.82, 2.24) is 10.2 Å². The molecule has 2 atom stereocenters. The van der Waals surface area contributed by atoms with Crippen LogP contribution in [0.1, 0.15) is 58.6 Å². The van der Waals surface area contributed by atoms with Gasteiger partial charge in [-0.2, -0.15) is 0 Å². The van der Waals surface area contributed by atoms with Crippen molar-refractivity contribution in [3.63, 3.8) is 0 Å². The normalized spacial score (nSPS) is 18.2. The monoisotopic (exact) mass is 288 g/mol. The summed E-state index contributed by atoms with van der Waals surface area (Å²) in [6, 6.07) is 12.6. The third-order valence-corrected chi connectivity index (χ3v) is 4.64. The van der Waals surface area contributed by atoms with Gasteiger partial charge in [-0.1, -0.05) is 44.2 Å². The van der Waals surface area contributed by atoms with Crippen LogP contribution in [0.3, 0.4) is 0 Å².